The van der Waals surface area contributed by atoms with E-state index in [4.69, 9.17) is 0 Å². The summed E-state index contributed by atoms with van der Waals surface area (Å²) < 4.78 is 0. The lowest BCUT2D eigenvalue weighted by molar-refractivity contribution is 0.111. The molecule has 128 valence electrons. The van der Waals surface area contributed by atoms with Crippen molar-refractivity contribution in [1.82, 2.24) is 20.3 Å². The molecule has 1 aliphatic heterocycles. The summed E-state index contributed by atoms with van der Waals surface area (Å²) in [7, 11) is 0. The molecule has 0 amide bonds. The van der Waals surface area contributed by atoms with E-state index in [1.807, 2.05) is 24.3 Å². The summed E-state index contributed by atoms with van der Waals surface area (Å²) in [6, 6.07) is 0. The third-order valence-electron chi connectivity index (χ3n) is 4.82. The van der Waals surface area contributed by atoms with Crippen molar-refractivity contribution in [2.24, 2.45) is 0 Å². The number of nitrogens with one attached hydrogen (secondary N) is 1. The van der Waals surface area contributed by atoms with Crippen molar-refractivity contribution < 1.29 is 0 Å². The van der Waals surface area contributed by atoms with E-state index < -0.39 is 0 Å². The van der Waals surface area contributed by atoms with E-state index in [-0.39, 0.29) is 17.0 Å². The molecule has 24 heavy (non-hydrogen) atoms. The standard InChI is InChI=1S/C20H28N4/c1-5-9-19(10-6-2)13-17(18-22-15-21-16-23-18)14-20(24-19,11-7-3)12-8-4/h5-8,15-17,24H,1-4,9-14H2. The van der Waals surface area contributed by atoms with Gasteiger partial charge >= 0.3 is 0 Å². The fraction of sp³-hybridized carbons (Fsp3) is 0.450. The molecule has 1 N–H and O–H groups in total. The lowest BCUT2D eigenvalue weighted by atomic mass is 9.68. The van der Waals surface area contributed by atoms with Crippen LogP contribution in [0.3, 0.4) is 0 Å². The highest BCUT2D eigenvalue weighted by molar-refractivity contribution is 5.17. The van der Waals surface area contributed by atoms with E-state index in [0.29, 0.717) is 0 Å². The SMILES string of the molecule is C=CCC1(CC=C)CC(c2ncncn2)CC(CC=C)(CC=C)N1. The number of rotatable bonds is 9. The third-order valence-corrected chi connectivity index (χ3v) is 4.82. The molecule has 1 aromatic heterocycles. The smallest absolute Gasteiger partial charge is 0.135 e. The Bertz CT molecular complexity index is 527. The molecule has 0 bridgehead atoms. The number of nitrogens with zero attached hydrogens (tertiary/aromatic N) is 3. The maximum atomic E-state index is 4.42. The molecule has 2 heterocycles. The van der Waals surface area contributed by atoms with Gasteiger partial charge in [-0.15, -0.1) is 26.3 Å². The molecular weight excluding hydrogens is 296 g/mol. The average Bonchev–Trinajstić information content (AvgIpc) is 2.56. The summed E-state index contributed by atoms with van der Waals surface area (Å²) in [6.45, 7) is 15.9. The van der Waals surface area contributed by atoms with Gasteiger partial charge in [0.15, 0.2) is 0 Å². The predicted octanol–water partition coefficient (Wildman–Crippen LogP) is 4.12. The number of aromatic nitrogens is 3. The van der Waals surface area contributed by atoms with E-state index >= 15 is 0 Å². The second-order valence-electron chi connectivity index (χ2n) is 6.76. The van der Waals surface area contributed by atoms with E-state index in [1.54, 1.807) is 12.7 Å². The Kier molecular flexibility index (Phi) is 6.21. The van der Waals surface area contributed by atoms with Crippen LogP contribution in [0, 0.1) is 0 Å². The topological polar surface area (TPSA) is 50.7 Å². The monoisotopic (exact) mass is 324 g/mol. The second-order valence-corrected chi connectivity index (χ2v) is 6.76. The van der Waals surface area contributed by atoms with E-state index in [0.717, 1.165) is 44.3 Å². The first kappa shape index (κ1) is 18.3. The van der Waals surface area contributed by atoms with Gasteiger partial charge in [0.1, 0.15) is 18.5 Å². The van der Waals surface area contributed by atoms with Gasteiger partial charge in [-0.25, -0.2) is 15.0 Å². The molecule has 2 rings (SSSR count). The van der Waals surface area contributed by atoms with E-state index in [9.17, 15) is 0 Å². The van der Waals surface area contributed by atoms with Crippen LogP contribution in [0.4, 0.5) is 0 Å². The fourth-order valence-corrected chi connectivity index (χ4v) is 4.13. The highest BCUT2D eigenvalue weighted by Gasteiger charge is 2.46. The van der Waals surface area contributed by atoms with Gasteiger partial charge in [-0.2, -0.15) is 0 Å². The van der Waals surface area contributed by atoms with Crippen LogP contribution in [-0.4, -0.2) is 26.0 Å². The van der Waals surface area contributed by atoms with E-state index in [1.165, 1.54) is 0 Å². The molecule has 4 nitrogen and oxygen atoms in total. The zero-order valence-electron chi connectivity index (χ0n) is 14.5. The largest absolute Gasteiger partial charge is 0.304 e. The number of hydrogen-bond donors (Lipinski definition) is 1. The molecule has 0 saturated carbocycles. The Morgan fingerprint density at radius 2 is 1.29 bits per heavy atom. The Morgan fingerprint density at radius 3 is 1.67 bits per heavy atom. The zero-order chi connectivity index (χ0) is 17.5. The van der Waals surface area contributed by atoms with Gasteiger partial charge in [0.05, 0.1) is 0 Å². The lowest BCUT2D eigenvalue weighted by Gasteiger charge is -2.51. The van der Waals surface area contributed by atoms with Crippen LogP contribution in [0.2, 0.25) is 0 Å². The summed E-state index contributed by atoms with van der Waals surface area (Å²) in [5.74, 6) is 1.12. The summed E-state index contributed by atoms with van der Waals surface area (Å²) in [5.41, 5.74) is -0.184. The quantitative estimate of drug-likeness (QED) is 0.694. The van der Waals surface area contributed by atoms with Crippen LogP contribution in [0.15, 0.2) is 63.3 Å². The maximum Gasteiger partial charge on any atom is 0.135 e. The summed E-state index contributed by atoms with van der Waals surface area (Å²) in [4.78, 5) is 12.8. The number of hydrogen-bond acceptors (Lipinski definition) is 4. The van der Waals surface area contributed by atoms with Gasteiger partial charge in [-0.05, 0) is 38.5 Å². The van der Waals surface area contributed by atoms with Crippen molar-refractivity contribution >= 4 is 0 Å². The molecule has 1 aliphatic rings. The molecule has 1 aromatic rings. The van der Waals surface area contributed by atoms with Crippen molar-refractivity contribution in [2.75, 3.05) is 0 Å². The van der Waals surface area contributed by atoms with Crippen molar-refractivity contribution in [3.05, 3.63) is 69.1 Å². The minimum absolute atomic E-state index is 0.0922. The molecule has 0 radical (unpaired) electrons. The van der Waals surface area contributed by atoms with Crippen molar-refractivity contribution in [3.63, 3.8) is 0 Å². The van der Waals surface area contributed by atoms with Crippen molar-refractivity contribution in [2.45, 2.75) is 55.5 Å². The Morgan fingerprint density at radius 1 is 0.875 bits per heavy atom. The maximum absolute atomic E-state index is 4.42. The molecule has 1 fully saturated rings. The molecule has 0 spiro atoms. The predicted molar refractivity (Wildman–Crippen MR) is 99.7 cm³/mol. The van der Waals surface area contributed by atoms with Crippen LogP contribution in [0.1, 0.15) is 50.3 Å². The van der Waals surface area contributed by atoms with Crippen molar-refractivity contribution in [3.8, 4) is 0 Å². The van der Waals surface area contributed by atoms with E-state index in [2.05, 4.69) is 46.6 Å². The number of piperidine rings is 1. The fourth-order valence-electron chi connectivity index (χ4n) is 4.13. The zero-order valence-corrected chi connectivity index (χ0v) is 14.5. The van der Waals surface area contributed by atoms with Crippen molar-refractivity contribution in [1.29, 1.82) is 0 Å². The normalized spacial score (nSPS) is 19.3. The summed E-state index contributed by atoms with van der Waals surface area (Å²) in [6.07, 6.45) is 16.5. The van der Waals surface area contributed by atoms with Gasteiger partial charge in [-0.3, -0.25) is 0 Å². The Balaban J connectivity index is 2.45. The summed E-state index contributed by atoms with van der Waals surface area (Å²) >= 11 is 0. The highest BCUT2D eigenvalue weighted by Crippen LogP contribution is 2.44. The molecule has 0 aromatic carbocycles. The van der Waals surface area contributed by atoms with Gasteiger partial charge in [0.2, 0.25) is 0 Å². The van der Waals surface area contributed by atoms with Crippen LogP contribution in [0.25, 0.3) is 0 Å². The first-order valence-corrected chi connectivity index (χ1v) is 8.47. The van der Waals surface area contributed by atoms with Crippen LogP contribution < -0.4 is 5.32 Å². The minimum atomic E-state index is -0.0922. The van der Waals surface area contributed by atoms with Crippen LogP contribution in [-0.2, 0) is 0 Å². The molecular formula is C20H28N4. The average molecular weight is 324 g/mol. The first-order valence-electron chi connectivity index (χ1n) is 8.47. The molecule has 1 saturated heterocycles. The Labute approximate surface area is 145 Å². The third kappa shape index (κ3) is 4.06. The molecule has 0 unspecified atom stereocenters. The Hall–Kier alpha value is -2.07. The van der Waals surface area contributed by atoms with Gasteiger partial charge < -0.3 is 5.32 Å². The molecule has 4 heteroatoms. The van der Waals surface area contributed by atoms with Gasteiger partial charge in [0, 0.05) is 17.0 Å². The second kappa shape index (κ2) is 8.15. The first-order chi connectivity index (χ1) is 11.6. The molecule has 0 atom stereocenters. The van der Waals surface area contributed by atoms with Crippen LogP contribution in [0.5, 0.6) is 0 Å². The minimum Gasteiger partial charge on any atom is -0.304 e. The lowest BCUT2D eigenvalue weighted by Crippen LogP contribution is -2.62. The summed E-state index contributed by atoms with van der Waals surface area (Å²) in [5, 5.41) is 3.93. The van der Waals surface area contributed by atoms with Gasteiger partial charge in [-0.1, -0.05) is 24.3 Å². The highest BCUT2D eigenvalue weighted by atomic mass is 15.1. The molecule has 0 aliphatic carbocycles. The van der Waals surface area contributed by atoms with Crippen LogP contribution >= 0.6 is 0 Å². The van der Waals surface area contributed by atoms with Gasteiger partial charge in [0.25, 0.3) is 0 Å².